The number of anilines is 1. The molecule has 2 amide bonds. The molecule has 0 fully saturated rings. The van der Waals surface area contributed by atoms with Crippen LogP contribution in [-0.2, 0) is 5.60 Å². The monoisotopic (exact) mass is 354 g/mol. The minimum Gasteiger partial charge on any atom is -0.383 e. The molecule has 0 saturated heterocycles. The Balaban J connectivity index is 1.64. The summed E-state index contributed by atoms with van der Waals surface area (Å²) < 4.78 is 1.12. The minimum atomic E-state index is -1.12. The van der Waals surface area contributed by atoms with Crippen molar-refractivity contribution < 1.29 is 9.90 Å². The van der Waals surface area contributed by atoms with E-state index in [0.29, 0.717) is 0 Å². The molecule has 0 aliphatic heterocycles. The molecule has 3 rings (SSSR count). The summed E-state index contributed by atoms with van der Waals surface area (Å²) in [5.74, 6) is 0. The number of fused-ring (bicyclic) bond motifs is 1. The molecule has 0 bridgehead atoms. The number of thiophene rings is 1. The first-order valence-corrected chi connectivity index (χ1v) is 9.00. The summed E-state index contributed by atoms with van der Waals surface area (Å²) in [5, 5.41) is 17.4. The third-order valence-electron chi connectivity index (χ3n) is 4.31. The van der Waals surface area contributed by atoms with Crippen LogP contribution in [-0.4, -0.2) is 17.7 Å². The van der Waals surface area contributed by atoms with Gasteiger partial charge < -0.3 is 15.7 Å². The average Bonchev–Trinajstić information content (AvgIpc) is 3.02. The Morgan fingerprint density at radius 1 is 1.12 bits per heavy atom. The molecule has 2 aromatic carbocycles. The maximum atomic E-state index is 12.1. The Bertz CT molecular complexity index is 882. The van der Waals surface area contributed by atoms with Crippen LogP contribution in [0.3, 0.4) is 0 Å². The second-order valence-corrected chi connectivity index (χ2v) is 7.61. The lowest BCUT2D eigenvalue weighted by atomic mass is 10.0. The summed E-state index contributed by atoms with van der Waals surface area (Å²) in [6.07, 6.45) is 0. The molecule has 1 atom stereocenters. The van der Waals surface area contributed by atoms with Gasteiger partial charge in [-0.1, -0.05) is 24.3 Å². The molecule has 1 unspecified atom stereocenters. The van der Waals surface area contributed by atoms with E-state index >= 15 is 0 Å². The van der Waals surface area contributed by atoms with Crippen molar-refractivity contribution in [3.8, 4) is 0 Å². The Labute approximate surface area is 151 Å². The third kappa shape index (κ3) is 4.00. The molecule has 0 radical (unpaired) electrons. The van der Waals surface area contributed by atoms with Crippen LogP contribution in [0.4, 0.5) is 10.5 Å². The third-order valence-corrected chi connectivity index (χ3v) is 5.68. The number of urea groups is 1. The normalized spacial score (nSPS) is 13.4. The lowest BCUT2D eigenvalue weighted by Crippen LogP contribution is -2.40. The van der Waals surface area contributed by atoms with Crippen LogP contribution in [0.5, 0.6) is 0 Å². The maximum Gasteiger partial charge on any atom is 0.319 e. The Morgan fingerprint density at radius 2 is 1.88 bits per heavy atom. The van der Waals surface area contributed by atoms with Crippen molar-refractivity contribution in [2.45, 2.75) is 26.4 Å². The number of benzene rings is 2. The van der Waals surface area contributed by atoms with Crippen molar-refractivity contribution >= 4 is 33.1 Å². The van der Waals surface area contributed by atoms with Crippen molar-refractivity contribution in [3.05, 3.63) is 64.5 Å². The smallest absolute Gasteiger partial charge is 0.319 e. The number of nitrogens with one attached hydrogen (secondary N) is 2. The Hall–Kier alpha value is -2.37. The molecule has 1 heterocycles. The van der Waals surface area contributed by atoms with Gasteiger partial charge in [0.2, 0.25) is 0 Å². The number of hydrogen-bond acceptors (Lipinski definition) is 3. The van der Waals surface area contributed by atoms with E-state index in [1.54, 1.807) is 18.3 Å². The summed E-state index contributed by atoms with van der Waals surface area (Å²) >= 11 is 1.54. The molecular formula is C20H22N2O2S. The summed E-state index contributed by atoms with van der Waals surface area (Å²) in [6.45, 7) is 5.89. The number of carbonyl (C=O) groups is 1. The van der Waals surface area contributed by atoms with E-state index in [1.165, 1.54) is 5.56 Å². The minimum absolute atomic E-state index is 0.135. The van der Waals surface area contributed by atoms with E-state index in [4.69, 9.17) is 0 Å². The van der Waals surface area contributed by atoms with Crippen LogP contribution in [0.2, 0.25) is 0 Å². The molecule has 3 aromatic rings. The van der Waals surface area contributed by atoms with Gasteiger partial charge in [0, 0.05) is 15.3 Å². The second-order valence-electron chi connectivity index (χ2n) is 6.53. The molecule has 4 nitrogen and oxygen atoms in total. The van der Waals surface area contributed by atoms with Gasteiger partial charge in [-0.15, -0.1) is 11.3 Å². The topological polar surface area (TPSA) is 61.4 Å². The molecule has 0 aliphatic rings. The number of aryl methyl sites for hydroxylation is 2. The van der Waals surface area contributed by atoms with Crippen LogP contribution < -0.4 is 10.6 Å². The molecule has 130 valence electrons. The molecule has 0 aliphatic carbocycles. The number of aliphatic hydroxyl groups is 1. The first-order chi connectivity index (χ1) is 11.8. The van der Waals surface area contributed by atoms with Crippen molar-refractivity contribution in [3.63, 3.8) is 0 Å². The predicted molar refractivity (Wildman–Crippen MR) is 104 cm³/mol. The molecule has 1 aromatic heterocycles. The fourth-order valence-electron chi connectivity index (χ4n) is 2.58. The maximum absolute atomic E-state index is 12.1. The highest BCUT2D eigenvalue weighted by Crippen LogP contribution is 2.32. The highest BCUT2D eigenvalue weighted by atomic mass is 32.1. The van der Waals surface area contributed by atoms with E-state index in [-0.39, 0.29) is 12.6 Å². The number of amides is 2. The van der Waals surface area contributed by atoms with Crippen molar-refractivity contribution in [1.29, 1.82) is 0 Å². The van der Waals surface area contributed by atoms with Crippen LogP contribution in [0, 0.1) is 13.8 Å². The van der Waals surface area contributed by atoms with Crippen molar-refractivity contribution in [2.75, 3.05) is 11.9 Å². The van der Waals surface area contributed by atoms with E-state index in [1.807, 2.05) is 62.4 Å². The van der Waals surface area contributed by atoms with Crippen LogP contribution in [0.15, 0.2) is 48.5 Å². The van der Waals surface area contributed by atoms with Crippen LogP contribution in [0.25, 0.3) is 10.1 Å². The first-order valence-electron chi connectivity index (χ1n) is 8.19. The molecule has 3 N–H and O–H groups in total. The molecule has 0 spiro atoms. The lowest BCUT2D eigenvalue weighted by molar-refractivity contribution is 0.0638. The summed E-state index contributed by atoms with van der Waals surface area (Å²) in [4.78, 5) is 13.0. The highest BCUT2D eigenvalue weighted by molar-refractivity contribution is 7.19. The van der Waals surface area contributed by atoms with Crippen LogP contribution >= 0.6 is 11.3 Å². The van der Waals surface area contributed by atoms with Gasteiger partial charge in [-0.2, -0.15) is 0 Å². The molecular weight excluding hydrogens is 332 g/mol. The van der Waals surface area contributed by atoms with Gasteiger partial charge in [-0.05, 0) is 61.5 Å². The van der Waals surface area contributed by atoms with Gasteiger partial charge in [0.15, 0.2) is 0 Å². The standard InChI is InChI=1S/C20H22N2O2S/c1-13-8-9-16(10-14(13)2)22-19(23)21-12-20(3,24)18-11-15-6-4-5-7-17(15)25-18/h4-11,24H,12H2,1-3H3,(H2,21,22,23). The fraction of sp³-hybridized carbons (Fsp3) is 0.250. The van der Waals surface area contributed by atoms with E-state index < -0.39 is 5.60 Å². The van der Waals surface area contributed by atoms with Gasteiger partial charge in [-0.25, -0.2) is 4.79 Å². The van der Waals surface area contributed by atoms with E-state index in [0.717, 1.165) is 26.2 Å². The second kappa shape index (κ2) is 6.86. The Morgan fingerprint density at radius 3 is 2.60 bits per heavy atom. The van der Waals surface area contributed by atoms with Gasteiger partial charge in [0.1, 0.15) is 5.60 Å². The van der Waals surface area contributed by atoms with Gasteiger partial charge >= 0.3 is 6.03 Å². The summed E-state index contributed by atoms with van der Waals surface area (Å²) in [5.41, 5.74) is 1.92. The summed E-state index contributed by atoms with van der Waals surface area (Å²) in [6, 6.07) is 15.4. The quantitative estimate of drug-likeness (QED) is 0.644. The van der Waals surface area contributed by atoms with Gasteiger partial charge in [0.05, 0.1) is 6.54 Å². The first kappa shape index (κ1) is 17.5. The molecule has 0 saturated carbocycles. The zero-order valence-electron chi connectivity index (χ0n) is 14.6. The zero-order chi connectivity index (χ0) is 18.0. The van der Waals surface area contributed by atoms with E-state index in [2.05, 4.69) is 10.6 Å². The number of carbonyl (C=O) groups excluding carboxylic acids is 1. The largest absolute Gasteiger partial charge is 0.383 e. The SMILES string of the molecule is Cc1ccc(NC(=O)NCC(C)(O)c2cc3ccccc3s2)cc1C. The number of hydrogen-bond donors (Lipinski definition) is 3. The predicted octanol–water partition coefficient (Wildman–Crippen LogP) is 4.55. The van der Waals surface area contributed by atoms with E-state index in [9.17, 15) is 9.90 Å². The van der Waals surface area contributed by atoms with Crippen molar-refractivity contribution in [1.82, 2.24) is 5.32 Å². The average molecular weight is 354 g/mol. The molecule has 25 heavy (non-hydrogen) atoms. The van der Waals surface area contributed by atoms with Gasteiger partial charge in [-0.3, -0.25) is 0 Å². The zero-order valence-corrected chi connectivity index (χ0v) is 15.4. The summed E-state index contributed by atoms with van der Waals surface area (Å²) in [7, 11) is 0. The Kier molecular flexibility index (Phi) is 4.79. The molecule has 5 heteroatoms. The highest BCUT2D eigenvalue weighted by Gasteiger charge is 2.26. The van der Waals surface area contributed by atoms with Crippen molar-refractivity contribution in [2.24, 2.45) is 0 Å². The number of rotatable bonds is 4. The lowest BCUT2D eigenvalue weighted by Gasteiger charge is -2.22. The fourth-order valence-corrected chi connectivity index (χ4v) is 3.69. The van der Waals surface area contributed by atoms with Gasteiger partial charge in [0.25, 0.3) is 0 Å². The van der Waals surface area contributed by atoms with Crippen LogP contribution in [0.1, 0.15) is 22.9 Å².